The van der Waals surface area contributed by atoms with Crippen molar-refractivity contribution in [2.45, 2.75) is 26.7 Å². The van der Waals surface area contributed by atoms with Crippen LogP contribution in [-0.4, -0.2) is 101 Å². The molecule has 5 rings (SSSR count). The highest BCUT2D eigenvalue weighted by Crippen LogP contribution is 2.22. The number of hydrogen-bond donors (Lipinski definition) is 1. The average Bonchev–Trinajstić information content (AvgIpc) is 3.30. The third kappa shape index (κ3) is 6.61. The van der Waals surface area contributed by atoms with Gasteiger partial charge in [0.25, 0.3) is 0 Å². The summed E-state index contributed by atoms with van der Waals surface area (Å²) < 4.78 is 6.98. The van der Waals surface area contributed by atoms with Gasteiger partial charge < -0.3 is 29.7 Å². The molecule has 212 valence electrons. The zero-order chi connectivity index (χ0) is 27.9. The molecule has 2 aliphatic rings. The zero-order valence-electron chi connectivity index (χ0n) is 23.2. The van der Waals surface area contributed by atoms with Crippen LogP contribution >= 0.6 is 0 Å². The van der Waals surface area contributed by atoms with Gasteiger partial charge in [0.2, 0.25) is 11.9 Å². The summed E-state index contributed by atoms with van der Waals surface area (Å²) in [5.74, 6) is 1.48. The van der Waals surface area contributed by atoms with Crippen LogP contribution in [0, 0.1) is 0 Å². The molecule has 2 fully saturated rings. The lowest BCUT2D eigenvalue weighted by molar-refractivity contribution is -0.128. The van der Waals surface area contributed by atoms with Gasteiger partial charge in [0, 0.05) is 82.9 Å². The van der Waals surface area contributed by atoms with E-state index in [0.29, 0.717) is 32.2 Å². The first-order chi connectivity index (χ1) is 19.5. The molecule has 12 heteroatoms. The van der Waals surface area contributed by atoms with Crippen molar-refractivity contribution in [2.24, 2.45) is 0 Å². The molecule has 1 aromatic carbocycles. The third-order valence-electron chi connectivity index (χ3n) is 7.21. The number of nitrogens with zero attached hydrogens (tertiary/aromatic N) is 8. The van der Waals surface area contributed by atoms with Crippen LogP contribution in [-0.2, 0) is 9.53 Å². The van der Waals surface area contributed by atoms with Gasteiger partial charge in [-0.25, -0.2) is 14.5 Å². The van der Waals surface area contributed by atoms with E-state index in [1.165, 1.54) is 0 Å². The van der Waals surface area contributed by atoms with Gasteiger partial charge >= 0.3 is 6.09 Å². The Morgan fingerprint density at radius 3 is 2.38 bits per heavy atom. The number of aromatic nitrogens is 4. The Bertz CT molecular complexity index is 1290. The Balaban J connectivity index is 1.16. The van der Waals surface area contributed by atoms with Crippen molar-refractivity contribution >= 4 is 35.1 Å². The summed E-state index contributed by atoms with van der Waals surface area (Å²) in [4.78, 5) is 41.0. The number of carbonyl (C=O) groups excluding carboxylic acids is 2. The number of amides is 2. The fourth-order valence-corrected chi connectivity index (χ4v) is 4.94. The molecule has 2 saturated heterocycles. The lowest BCUT2D eigenvalue weighted by Crippen LogP contribution is -2.49. The minimum atomic E-state index is -0.223. The molecule has 3 aromatic rings. The second-order valence-electron chi connectivity index (χ2n) is 9.99. The summed E-state index contributed by atoms with van der Waals surface area (Å²) in [6.07, 6.45) is 4.97. The van der Waals surface area contributed by atoms with Crippen molar-refractivity contribution in [3.63, 3.8) is 0 Å². The maximum atomic E-state index is 12.1. The summed E-state index contributed by atoms with van der Waals surface area (Å²) in [7, 11) is 0. The van der Waals surface area contributed by atoms with Gasteiger partial charge in [0.05, 0.1) is 12.3 Å². The second kappa shape index (κ2) is 12.7. The average molecular weight is 548 g/mol. The quantitative estimate of drug-likeness (QED) is 0.477. The molecule has 2 aromatic heterocycles. The van der Waals surface area contributed by atoms with Crippen LogP contribution in [0.25, 0.3) is 5.69 Å². The molecule has 12 nitrogen and oxygen atoms in total. The first-order valence-electron chi connectivity index (χ1n) is 13.9. The van der Waals surface area contributed by atoms with Crippen LogP contribution in [0.4, 0.5) is 27.9 Å². The number of hydrogen-bond acceptors (Lipinski definition) is 9. The van der Waals surface area contributed by atoms with E-state index in [9.17, 15) is 9.59 Å². The van der Waals surface area contributed by atoms with E-state index in [0.717, 1.165) is 68.4 Å². The highest BCUT2D eigenvalue weighted by molar-refractivity contribution is 5.73. The number of piperazine rings is 1. The lowest BCUT2D eigenvalue weighted by atomic mass is 10.2. The normalized spacial score (nSPS) is 16.1. The van der Waals surface area contributed by atoms with Crippen LogP contribution in [0.5, 0.6) is 0 Å². The minimum Gasteiger partial charge on any atom is -0.449 e. The maximum absolute atomic E-state index is 12.1. The number of benzene rings is 1. The standard InChI is InChI=1S/C28H37N9O3/c1-3-19-40-28(39)36-17-14-34(15-18-36)24-7-5-23(6-8-24)31-27-30-21-37(32-27)25-9-10-29-26(20-25)35-12-4-11-33(13-16-35)22(2)38/h5-10,20-21H,3-4,11-19H2,1-2H3,(H,31,32). The van der Waals surface area contributed by atoms with E-state index >= 15 is 0 Å². The monoisotopic (exact) mass is 547 g/mol. The number of nitrogens with one attached hydrogen (secondary N) is 1. The van der Waals surface area contributed by atoms with Gasteiger partial charge in [-0.1, -0.05) is 6.92 Å². The van der Waals surface area contributed by atoms with E-state index in [-0.39, 0.29) is 12.0 Å². The van der Waals surface area contributed by atoms with Crippen molar-refractivity contribution in [1.82, 2.24) is 29.5 Å². The zero-order valence-corrected chi connectivity index (χ0v) is 23.2. The highest BCUT2D eigenvalue weighted by Gasteiger charge is 2.22. The molecule has 1 N–H and O–H groups in total. The second-order valence-corrected chi connectivity index (χ2v) is 9.99. The topological polar surface area (TPSA) is 112 Å². The Hall–Kier alpha value is -4.35. The van der Waals surface area contributed by atoms with Crippen LogP contribution in [0.15, 0.2) is 48.9 Å². The molecule has 2 amide bonds. The number of anilines is 4. The fraction of sp³-hybridized carbons (Fsp3) is 0.464. The lowest BCUT2D eigenvalue weighted by Gasteiger charge is -2.35. The van der Waals surface area contributed by atoms with Crippen molar-refractivity contribution in [3.05, 3.63) is 48.9 Å². The largest absolute Gasteiger partial charge is 0.449 e. The molecule has 0 atom stereocenters. The van der Waals surface area contributed by atoms with Crippen LogP contribution in [0.2, 0.25) is 0 Å². The molecule has 0 bridgehead atoms. The molecule has 0 spiro atoms. The van der Waals surface area contributed by atoms with E-state index in [1.54, 1.807) is 29.0 Å². The Labute approximate surface area is 234 Å². The van der Waals surface area contributed by atoms with Crippen molar-refractivity contribution in [3.8, 4) is 5.69 Å². The summed E-state index contributed by atoms with van der Waals surface area (Å²) in [6.45, 7) is 9.97. The molecule has 0 saturated carbocycles. The molecular weight excluding hydrogens is 510 g/mol. The van der Waals surface area contributed by atoms with Crippen molar-refractivity contribution < 1.29 is 14.3 Å². The first-order valence-corrected chi connectivity index (χ1v) is 13.9. The predicted molar refractivity (Wildman–Crippen MR) is 153 cm³/mol. The molecule has 40 heavy (non-hydrogen) atoms. The Morgan fingerprint density at radius 2 is 1.62 bits per heavy atom. The van der Waals surface area contributed by atoms with Crippen molar-refractivity contribution in [2.75, 3.05) is 74.1 Å². The van der Waals surface area contributed by atoms with Gasteiger partial charge in [-0.15, -0.1) is 5.10 Å². The molecular formula is C28H37N9O3. The van der Waals surface area contributed by atoms with Crippen LogP contribution in [0.3, 0.4) is 0 Å². The smallest absolute Gasteiger partial charge is 0.409 e. The molecule has 2 aliphatic heterocycles. The SMILES string of the molecule is CCCOC(=O)N1CCN(c2ccc(Nc3ncn(-c4ccnc(N5CCCN(C(C)=O)CC5)c4)n3)cc2)CC1. The number of pyridine rings is 1. The minimum absolute atomic E-state index is 0.116. The number of carbonyl (C=O) groups is 2. The Morgan fingerprint density at radius 1 is 0.875 bits per heavy atom. The summed E-state index contributed by atoms with van der Waals surface area (Å²) in [5, 5.41) is 7.88. The van der Waals surface area contributed by atoms with Gasteiger partial charge in [0.15, 0.2) is 0 Å². The molecule has 0 radical (unpaired) electrons. The van der Waals surface area contributed by atoms with E-state index in [4.69, 9.17) is 4.74 Å². The van der Waals surface area contributed by atoms with Gasteiger partial charge in [0.1, 0.15) is 12.1 Å². The Kier molecular flexibility index (Phi) is 8.62. The molecule has 0 unspecified atom stereocenters. The van der Waals surface area contributed by atoms with Gasteiger partial charge in [-0.3, -0.25) is 4.79 Å². The van der Waals surface area contributed by atoms with E-state index in [2.05, 4.69) is 42.3 Å². The van der Waals surface area contributed by atoms with Gasteiger partial charge in [-0.05, 0) is 43.2 Å². The molecule has 0 aliphatic carbocycles. The van der Waals surface area contributed by atoms with Crippen molar-refractivity contribution in [1.29, 1.82) is 0 Å². The van der Waals surface area contributed by atoms with Crippen LogP contribution in [0.1, 0.15) is 26.7 Å². The predicted octanol–water partition coefficient (Wildman–Crippen LogP) is 3.13. The number of rotatable bonds is 7. The number of ether oxygens (including phenoxy) is 1. The van der Waals surface area contributed by atoms with Crippen LogP contribution < -0.4 is 15.1 Å². The summed E-state index contributed by atoms with van der Waals surface area (Å²) in [6, 6.07) is 12.0. The maximum Gasteiger partial charge on any atom is 0.409 e. The van der Waals surface area contributed by atoms with E-state index in [1.807, 2.05) is 36.1 Å². The summed E-state index contributed by atoms with van der Waals surface area (Å²) >= 11 is 0. The third-order valence-corrected chi connectivity index (χ3v) is 7.21. The fourth-order valence-electron chi connectivity index (χ4n) is 4.94. The highest BCUT2D eigenvalue weighted by atomic mass is 16.6. The molecule has 4 heterocycles. The summed E-state index contributed by atoms with van der Waals surface area (Å²) in [5.41, 5.74) is 2.86. The first kappa shape index (κ1) is 27.2. The van der Waals surface area contributed by atoms with Gasteiger partial charge in [-0.2, -0.15) is 4.98 Å². The van der Waals surface area contributed by atoms with E-state index < -0.39 is 0 Å².